The Labute approximate surface area is 201 Å². The minimum absolute atomic E-state index is 0.290. The summed E-state index contributed by atoms with van der Waals surface area (Å²) < 4.78 is 5.74. The number of aliphatic hydroxyl groups is 2. The van der Waals surface area contributed by atoms with Gasteiger partial charge in [0.1, 0.15) is 11.9 Å². The number of esters is 1. The highest BCUT2D eigenvalue weighted by Gasteiger charge is 2.41. The molecule has 7 heteroatoms. The number of aromatic nitrogens is 1. The smallest absolute Gasteiger partial charge is 0.309 e. The zero-order chi connectivity index (χ0) is 24.8. The van der Waals surface area contributed by atoms with E-state index >= 15 is 0 Å². The van der Waals surface area contributed by atoms with E-state index in [1.165, 1.54) is 0 Å². The Bertz CT molecular complexity index is 927. The predicted octanol–water partition coefficient (Wildman–Crippen LogP) is 4.80. The van der Waals surface area contributed by atoms with E-state index in [-0.39, 0.29) is 12.2 Å². The Balaban J connectivity index is 2.31. The van der Waals surface area contributed by atoms with Crippen LogP contribution in [-0.4, -0.2) is 45.3 Å². The average molecular weight is 476 g/mol. The number of hydrogen-bond donors (Lipinski definition) is 2. The number of cyclic esters (lactones) is 1. The van der Waals surface area contributed by atoms with E-state index in [0.717, 1.165) is 34.7 Å². The second kappa shape index (κ2) is 11.9. The van der Waals surface area contributed by atoms with Crippen LogP contribution >= 0.6 is 11.3 Å². The molecule has 0 aromatic carbocycles. The number of ether oxygens (including phenoxy) is 1. The van der Waals surface area contributed by atoms with Gasteiger partial charge in [-0.2, -0.15) is 0 Å². The van der Waals surface area contributed by atoms with Crippen molar-refractivity contribution in [3.63, 3.8) is 0 Å². The number of aryl methyl sites for hydroxylation is 1. The number of rotatable bonds is 2. The van der Waals surface area contributed by atoms with Crippen molar-refractivity contribution in [3.05, 3.63) is 45.5 Å². The van der Waals surface area contributed by atoms with Gasteiger partial charge in [0.15, 0.2) is 0 Å². The van der Waals surface area contributed by atoms with Gasteiger partial charge in [-0.3, -0.25) is 9.59 Å². The molecule has 0 unspecified atom stereocenters. The Hall–Kier alpha value is -2.09. The lowest BCUT2D eigenvalue weighted by molar-refractivity contribution is -0.153. The molecule has 0 radical (unpaired) electrons. The maximum absolute atomic E-state index is 13.1. The number of aliphatic hydroxyl groups excluding tert-OH is 2. The van der Waals surface area contributed by atoms with Crippen molar-refractivity contribution < 1.29 is 24.5 Å². The molecule has 1 aromatic heterocycles. The van der Waals surface area contributed by atoms with Crippen LogP contribution in [0.2, 0.25) is 0 Å². The summed E-state index contributed by atoms with van der Waals surface area (Å²) in [6.07, 6.45) is 6.90. The number of allylic oxidation sites excluding steroid dienone is 2. The second-order valence-corrected chi connectivity index (χ2v) is 10.5. The van der Waals surface area contributed by atoms with Gasteiger partial charge in [0.05, 0.1) is 34.7 Å². The lowest BCUT2D eigenvalue weighted by atomic mass is 9.74. The first kappa shape index (κ1) is 27.2. The predicted molar refractivity (Wildman–Crippen MR) is 132 cm³/mol. The van der Waals surface area contributed by atoms with Crippen molar-refractivity contribution in [2.45, 2.75) is 85.5 Å². The first-order valence-electron chi connectivity index (χ1n) is 11.4. The zero-order valence-electron chi connectivity index (χ0n) is 20.5. The van der Waals surface area contributed by atoms with Gasteiger partial charge in [-0.05, 0) is 50.8 Å². The topological polar surface area (TPSA) is 96.7 Å². The van der Waals surface area contributed by atoms with Crippen molar-refractivity contribution in [2.75, 3.05) is 0 Å². The average Bonchev–Trinajstić information content (AvgIpc) is 3.16. The lowest BCUT2D eigenvalue weighted by Gasteiger charge is -2.33. The summed E-state index contributed by atoms with van der Waals surface area (Å²) in [6, 6.07) is 0. The summed E-state index contributed by atoms with van der Waals surface area (Å²) >= 11 is 1.56. The fraction of sp³-hybridized carbons (Fsp3) is 0.577. The van der Waals surface area contributed by atoms with Crippen LogP contribution in [0.15, 0.2) is 34.8 Å². The van der Waals surface area contributed by atoms with E-state index in [4.69, 9.17) is 4.74 Å². The fourth-order valence-electron chi connectivity index (χ4n) is 3.87. The summed E-state index contributed by atoms with van der Waals surface area (Å²) in [7, 11) is 0. The van der Waals surface area contributed by atoms with Gasteiger partial charge in [0.2, 0.25) is 0 Å². The third kappa shape index (κ3) is 7.45. The van der Waals surface area contributed by atoms with E-state index in [1.807, 2.05) is 50.5 Å². The largest absolute Gasteiger partial charge is 0.457 e. The number of carbonyl (C=O) groups excluding carboxylic acids is 2. The van der Waals surface area contributed by atoms with Crippen LogP contribution in [0.5, 0.6) is 0 Å². The van der Waals surface area contributed by atoms with Crippen LogP contribution in [0, 0.1) is 18.3 Å². The van der Waals surface area contributed by atoms with Gasteiger partial charge >= 0.3 is 5.97 Å². The van der Waals surface area contributed by atoms with Gasteiger partial charge in [-0.15, -0.1) is 11.3 Å². The molecule has 0 bridgehead atoms. The SMILES string of the molecule is CC(=Cc1csc(C)n1)[C@@H]1CC=CCCC=C(C)[C@H](O)[C@@H](C)C(=O)C(C)(C)[C@@H](O)CC(=O)O1. The summed E-state index contributed by atoms with van der Waals surface area (Å²) in [5.41, 5.74) is 1.20. The number of Topliss-reactive ketones (excluding diaryl/α,β-unsaturated/α-hetero) is 1. The molecular formula is C26H37NO5S. The summed E-state index contributed by atoms with van der Waals surface area (Å²) in [5, 5.41) is 24.3. The Kier molecular flexibility index (Phi) is 9.76. The molecule has 182 valence electrons. The summed E-state index contributed by atoms with van der Waals surface area (Å²) in [5.74, 6) is -1.56. The standard InChI is InChI=1S/C26H37NO5S/c1-16-11-9-7-8-10-12-21(17(2)13-20-15-33-19(4)27-20)32-23(29)14-22(28)26(5,6)25(31)18(3)24(16)30/h8,10-11,13,15,18,21-22,24,28,30H,7,9,12,14H2,1-6H3/t18-,21+,22+,24+/m1/s1. The highest BCUT2D eigenvalue weighted by atomic mass is 32.1. The highest BCUT2D eigenvalue weighted by molar-refractivity contribution is 7.09. The molecule has 1 aromatic rings. The van der Waals surface area contributed by atoms with Crippen LogP contribution < -0.4 is 0 Å². The minimum atomic E-state index is -1.23. The van der Waals surface area contributed by atoms with Crippen LogP contribution in [0.25, 0.3) is 6.08 Å². The molecule has 4 atom stereocenters. The molecule has 1 aliphatic heterocycles. The Morgan fingerprint density at radius 1 is 1.21 bits per heavy atom. The van der Waals surface area contributed by atoms with Crippen molar-refractivity contribution in [3.8, 4) is 0 Å². The van der Waals surface area contributed by atoms with E-state index in [0.29, 0.717) is 6.42 Å². The fourth-order valence-corrected chi connectivity index (χ4v) is 4.44. The minimum Gasteiger partial charge on any atom is -0.457 e. The molecule has 6 nitrogen and oxygen atoms in total. The van der Waals surface area contributed by atoms with E-state index in [2.05, 4.69) is 4.98 Å². The molecule has 0 amide bonds. The van der Waals surface area contributed by atoms with E-state index < -0.39 is 35.6 Å². The van der Waals surface area contributed by atoms with Crippen LogP contribution in [0.3, 0.4) is 0 Å². The van der Waals surface area contributed by atoms with Gasteiger partial charge in [-0.1, -0.05) is 39.0 Å². The number of hydrogen-bond acceptors (Lipinski definition) is 7. The summed E-state index contributed by atoms with van der Waals surface area (Å²) in [6.45, 7) is 10.5. The number of nitrogens with zero attached hydrogens (tertiary/aromatic N) is 1. The summed E-state index contributed by atoms with van der Waals surface area (Å²) in [4.78, 5) is 30.3. The first-order valence-corrected chi connectivity index (χ1v) is 12.3. The van der Waals surface area contributed by atoms with Crippen LogP contribution in [-0.2, 0) is 14.3 Å². The highest BCUT2D eigenvalue weighted by Crippen LogP contribution is 2.31. The van der Waals surface area contributed by atoms with Crippen LogP contribution in [0.4, 0.5) is 0 Å². The maximum atomic E-state index is 13.1. The molecule has 2 rings (SSSR count). The molecule has 0 spiro atoms. The van der Waals surface area contributed by atoms with Crippen molar-refractivity contribution in [1.82, 2.24) is 4.98 Å². The molecular weight excluding hydrogens is 438 g/mol. The van der Waals surface area contributed by atoms with Gasteiger partial charge in [0.25, 0.3) is 0 Å². The quantitative estimate of drug-likeness (QED) is 0.471. The first-order chi connectivity index (χ1) is 15.4. The van der Waals surface area contributed by atoms with Crippen molar-refractivity contribution >= 4 is 29.2 Å². The van der Waals surface area contributed by atoms with Gasteiger partial charge < -0.3 is 14.9 Å². The van der Waals surface area contributed by atoms with Gasteiger partial charge in [-0.25, -0.2) is 4.98 Å². The molecule has 0 aliphatic carbocycles. The molecule has 0 saturated carbocycles. The molecule has 1 aliphatic rings. The Morgan fingerprint density at radius 2 is 1.91 bits per heavy atom. The Morgan fingerprint density at radius 3 is 2.55 bits per heavy atom. The van der Waals surface area contributed by atoms with Crippen molar-refractivity contribution in [1.29, 1.82) is 0 Å². The van der Waals surface area contributed by atoms with Crippen molar-refractivity contribution in [2.24, 2.45) is 11.3 Å². The second-order valence-electron chi connectivity index (χ2n) is 9.43. The molecule has 2 heterocycles. The zero-order valence-corrected chi connectivity index (χ0v) is 21.3. The third-order valence-corrected chi connectivity index (χ3v) is 7.08. The van der Waals surface area contributed by atoms with E-state index in [9.17, 15) is 19.8 Å². The van der Waals surface area contributed by atoms with Crippen LogP contribution in [0.1, 0.15) is 71.0 Å². The number of thiazole rings is 1. The number of carbonyl (C=O) groups is 2. The third-order valence-electron chi connectivity index (χ3n) is 6.29. The van der Waals surface area contributed by atoms with Gasteiger partial charge in [0, 0.05) is 17.7 Å². The molecule has 0 saturated heterocycles. The molecule has 33 heavy (non-hydrogen) atoms. The maximum Gasteiger partial charge on any atom is 0.309 e. The monoisotopic (exact) mass is 475 g/mol. The molecule has 0 fully saturated rings. The number of ketones is 1. The van der Waals surface area contributed by atoms with E-state index in [1.54, 1.807) is 32.1 Å². The normalized spacial score (nSPS) is 28.4. The lowest BCUT2D eigenvalue weighted by Crippen LogP contribution is -2.44. The molecule has 2 N–H and O–H groups in total.